The second-order valence-corrected chi connectivity index (χ2v) is 4.64. The smallest absolute Gasteiger partial charge is 0.224 e. The molecule has 1 fully saturated rings. The molecule has 1 aromatic heterocycles. The zero-order chi connectivity index (χ0) is 12.3. The summed E-state index contributed by atoms with van der Waals surface area (Å²) in [6.07, 6.45) is 5.66. The minimum Gasteiger partial charge on any atom is -0.340 e. The van der Waals surface area contributed by atoms with Crippen LogP contribution in [0.1, 0.15) is 26.2 Å². The summed E-state index contributed by atoms with van der Waals surface area (Å²) in [4.78, 5) is 14.0. The predicted octanol–water partition coefficient (Wildman–Crippen LogP) is 0.00640. The lowest BCUT2D eigenvalue weighted by atomic mass is 9.99. The average Bonchev–Trinajstić information content (AvgIpc) is 2.78. The number of piperidine rings is 1. The van der Waals surface area contributed by atoms with Gasteiger partial charge in [0.15, 0.2) is 0 Å². The summed E-state index contributed by atoms with van der Waals surface area (Å²) in [6.45, 7) is 3.43. The summed E-state index contributed by atoms with van der Waals surface area (Å²) < 4.78 is 1.68. The number of hydrogen-bond donors (Lipinski definition) is 1. The fraction of sp³-hybridized carbons (Fsp3) is 0.727. The molecule has 2 heterocycles. The number of hydrogen-bond acceptors (Lipinski definition) is 4. The van der Waals surface area contributed by atoms with Gasteiger partial charge in [-0.15, -0.1) is 5.10 Å². The van der Waals surface area contributed by atoms with E-state index in [0.717, 1.165) is 19.4 Å². The van der Waals surface area contributed by atoms with E-state index in [2.05, 4.69) is 17.2 Å². The third-order valence-corrected chi connectivity index (χ3v) is 3.26. The molecular formula is C11H19N5O. The molecule has 6 nitrogen and oxygen atoms in total. The van der Waals surface area contributed by atoms with Crippen LogP contribution in [0.2, 0.25) is 0 Å². The van der Waals surface area contributed by atoms with Crippen LogP contribution in [-0.4, -0.2) is 44.4 Å². The van der Waals surface area contributed by atoms with E-state index < -0.39 is 0 Å². The second-order valence-electron chi connectivity index (χ2n) is 4.64. The summed E-state index contributed by atoms with van der Waals surface area (Å²) in [5.74, 6) is 0.180. The highest BCUT2D eigenvalue weighted by atomic mass is 16.2. The number of aromatic nitrogens is 3. The summed E-state index contributed by atoms with van der Waals surface area (Å²) in [5, 5.41) is 7.55. The quantitative estimate of drug-likeness (QED) is 0.803. The van der Waals surface area contributed by atoms with Crippen LogP contribution in [0.3, 0.4) is 0 Å². The lowest BCUT2D eigenvalue weighted by Gasteiger charge is -2.36. The van der Waals surface area contributed by atoms with Crippen LogP contribution in [-0.2, 0) is 11.3 Å². The number of nitrogens with two attached hydrogens (primary N) is 1. The van der Waals surface area contributed by atoms with Crippen molar-refractivity contribution in [2.45, 2.75) is 44.8 Å². The first-order valence-corrected chi connectivity index (χ1v) is 6.06. The topological polar surface area (TPSA) is 77.0 Å². The molecule has 0 aliphatic carbocycles. The molecule has 1 aliphatic rings. The van der Waals surface area contributed by atoms with Gasteiger partial charge < -0.3 is 10.6 Å². The molecule has 2 unspecified atom stereocenters. The van der Waals surface area contributed by atoms with E-state index in [9.17, 15) is 4.79 Å². The first kappa shape index (κ1) is 12.0. The Labute approximate surface area is 101 Å². The van der Waals surface area contributed by atoms with Crippen molar-refractivity contribution in [2.75, 3.05) is 6.54 Å². The summed E-state index contributed by atoms with van der Waals surface area (Å²) in [6, 6.07) is 0.492. The molecule has 1 aromatic rings. The van der Waals surface area contributed by atoms with Crippen molar-refractivity contribution < 1.29 is 4.79 Å². The van der Waals surface area contributed by atoms with Crippen molar-refractivity contribution in [3.05, 3.63) is 12.4 Å². The number of carbonyl (C=O) groups excluding carboxylic acids is 1. The molecule has 0 saturated carbocycles. The normalized spacial score (nSPS) is 24.9. The lowest BCUT2D eigenvalue weighted by molar-refractivity contribution is -0.134. The predicted molar refractivity (Wildman–Crippen MR) is 63.0 cm³/mol. The Kier molecular flexibility index (Phi) is 3.73. The third kappa shape index (κ3) is 3.03. The van der Waals surface area contributed by atoms with E-state index >= 15 is 0 Å². The Morgan fingerprint density at radius 3 is 3.06 bits per heavy atom. The molecule has 1 aliphatic heterocycles. The van der Waals surface area contributed by atoms with Gasteiger partial charge in [-0.3, -0.25) is 9.48 Å². The van der Waals surface area contributed by atoms with Crippen LogP contribution in [0, 0.1) is 0 Å². The molecule has 2 atom stereocenters. The molecule has 2 N–H and O–H groups in total. The zero-order valence-electron chi connectivity index (χ0n) is 10.1. The van der Waals surface area contributed by atoms with Crippen LogP contribution in [0.25, 0.3) is 0 Å². The maximum absolute atomic E-state index is 12.0. The molecular weight excluding hydrogens is 218 g/mol. The first-order chi connectivity index (χ1) is 8.16. The third-order valence-electron chi connectivity index (χ3n) is 3.26. The Hall–Kier alpha value is -1.43. The number of carbonyl (C=O) groups is 1. The van der Waals surface area contributed by atoms with E-state index in [0.29, 0.717) is 13.0 Å². The monoisotopic (exact) mass is 237 g/mol. The Morgan fingerprint density at radius 2 is 2.41 bits per heavy atom. The molecule has 1 amide bonds. The van der Waals surface area contributed by atoms with Crippen molar-refractivity contribution >= 4 is 5.91 Å². The SMILES string of the molecule is CC1CC(N)CCN1C(=O)CCn1ccnn1. The number of amides is 1. The molecule has 17 heavy (non-hydrogen) atoms. The van der Waals surface area contributed by atoms with Crippen LogP contribution < -0.4 is 5.73 Å². The molecule has 94 valence electrons. The Bertz CT molecular complexity index is 364. The summed E-state index contributed by atoms with van der Waals surface area (Å²) in [7, 11) is 0. The number of likely N-dealkylation sites (tertiary alicyclic amines) is 1. The van der Waals surface area contributed by atoms with Gasteiger partial charge in [-0.25, -0.2) is 0 Å². The largest absolute Gasteiger partial charge is 0.340 e. The van der Waals surface area contributed by atoms with Gasteiger partial charge in [-0.2, -0.15) is 0 Å². The summed E-state index contributed by atoms with van der Waals surface area (Å²) in [5.41, 5.74) is 5.88. The highest BCUT2D eigenvalue weighted by Gasteiger charge is 2.26. The first-order valence-electron chi connectivity index (χ1n) is 6.06. The standard InChI is InChI=1S/C11H19N5O/c1-9-8-10(12)2-6-16(9)11(17)3-5-15-7-4-13-14-15/h4,7,9-10H,2-3,5-6,8,12H2,1H3. The molecule has 1 saturated heterocycles. The maximum Gasteiger partial charge on any atom is 0.224 e. The van der Waals surface area contributed by atoms with E-state index in [1.165, 1.54) is 0 Å². The zero-order valence-corrected chi connectivity index (χ0v) is 10.1. The lowest BCUT2D eigenvalue weighted by Crippen LogP contribution is -2.48. The van der Waals surface area contributed by atoms with Crippen LogP contribution >= 0.6 is 0 Å². The molecule has 6 heteroatoms. The van der Waals surface area contributed by atoms with E-state index in [1.807, 2.05) is 4.90 Å². The van der Waals surface area contributed by atoms with Crippen molar-refractivity contribution in [1.82, 2.24) is 19.9 Å². The number of nitrogens with zero attached hydrogens (tertiary/aromatic N) is 4. The van der Waals surface area contributed by atoms with Crippen molar-refractivity contribution in [2.24, 2.45) is 5.73 Å². The maximum atomic E-state index is 12.0. The van der Waals surface area contributed by atoms with E-state index in [1.54, 1.807) is 17.1 Å². The van der Waals surface area contributed by atoms with Crippen LogP contribution in [0.5, 0.6) is 0 Å². The molecule has 0 bridgehead atoms. The van der Waals surface area contributed by atoms with E-state index in [4.69, 9.17) is 5.73 Å². The van der Waals surface area contributed by atoms with Crippen molar-refractivity contribution in [3.63, 3.8) is 0 Å². The van der Waals surface area contributed by atoms with Gasteiger partial charge in [0.2, 0.25) is 5.91 Å². The van der Waals surface area contributed by atoms with Gasteiger partial charge in [0.1, 0.15) is 0 Å². The van der Waals surface area contributed by atoms with Gasteiger partial charge in [-0.05, 0) is 19.8 Å². The van der Waals surface area contributed by atoms with Gasteiger partial charge in [0.05, 0.1) is 12.7 Å². The average molecular weight is 237 g/mol. The molecule has 0 spiro atoms. The van der Waals surface area contributed by atoms with Crippen molar-refractivity contribution in [3.8, 4) is 0 Å². The van der Waals surface area contributed by atoms with Crippen LogP contribution in [0.15, 0.2) is 12.4 Å². The fourth-order valence-electron chi connectivity index (χ4n) is 2.28. The van der Waals surface area contributed by atoms with Gasteiger partial charge in [-0.1, -0.05) is 5.21 Å². The minimum absolute atomic E-state index is 0.180. The molecule has 2 rings (SSSR count). The number of rotatable bonds is 3. The van der Waals surface area contributed by atoms with Crippen LogP contribution in [0.4, 0.5) is 0 Å². The fourth-order valence-corrected chi connectivity index (χ4v) is 2.28. The number of aryl methyl sites for hydroxylation is 1. The van der Waals surface area contributed by atoms with Gasteiger partial charge in [0.25, 0.3) is 0 Å². The van der Waals surface area contributed by atoms with Gasteiger partial charge >= 0.3 is 0 Å². The highest BCUT2D eigenvalue weighted by Crippen LogP contribution is 2.16. The second kappa shape index (κ2) is 5.27. The molecule has 0 aromatic carbocycles. The van der Waals surface area contributed by atoms with Gasteiger partial charge in [0, 0.05) is 31.2 Å². The Morgan fingerprint density at radius 1 is 1.59 bits per heavy atom. The summed E-state index contributed by atoms with van der Waals surface area (Å²) >= 11 is 0. The highest BCUT2D eigenvalue weighted by molar-refractivity contribution is 5.76. The Balaban J connectivity index is 1.83. The van der Waals surface area contributed by atoms with Crippen molar-refractivity contribution in [1.29, 1.82) is 0 Å². The van der Waals surface area contributed by atoms with E-state index in [-0.39, 0.29) is 18.0 Å². The minimum atomic E-state index is 0.180. The molecule has 0 radical (unpaired) electrons.